The maximum atomic E-state index is 15.5. The van der Waals surface area contributed by atoms with Crippen LogP contribution < -0.4 is 5.32 Å². The standard InChI is InChI=1S/C22H17F5N6O2/c23-11-3-9(11)21(35)31-13-7-33-6-12(28-5-14(33)30-13)15-10-4-29-32-19(10)16(20(34)8-1-2-8)18(24)17(15)22(25,26)27/h4-9,11,20,34H,1-3H2,(H,29,32)(H,31,35). The van der Waals surface area contributed by atoms with Crippen molar-refractivity contribution in [3.05, 3.63) is 41.7 Å². The Morgan fingerprint density at radius 3 is 2.66 bits per heavy atom. The molecule has 8 nitrogen and oxygen atoms in total. The largest absolute Gasteiger partial charge is 0.419 e. The number of H-pyrrole nitrogens is 1. The summed E-state index contributed by atoms with van der Waals surface area (Å²) in [5, 5.41) is 19.3. The minimum atomic E-state index is -5.10. The first-order valence-electron chi connectivity index (χ1n) is 10.9. The molecule has 3 atom stereocenters. The fourth-order valence-corrected chi connectivity index (χ4v) is 4.37. The predicted molar refractivity (Wildman–Crippen MR) is 112 cm³/mol. The molecule has 0 saturated heterocycles. The monoisotopic (exact) mass is 492 g/mol. The lowest BCUT2D eigenvalue weighted by Crippen LogP contribution is -2.16. The van der Waals surface area contributed by atoms with Gasteiger partial charge in [-0.3, -0.25) is 14.9 Å². The van der Waals surface area contributed by atoms with Crippen molar-refractivity contribution in [1.29, 1.82) is 0 Å². The fourth-order valence-electron chi connectivity index (χ4n) is 4.37. The maximum Gasteiger partial charge on any atom is 0.419 e. The van der Waals surface area contributed by atoms with E-state index in [1.165, 1.54) is 23.0 Å². The lowest BCUT2D eigenvalue weighted by atomic mass is 9.92. The summed E-state index contributed by atoms with van der Waals surface area (Å²) in [6, 6.07) is 0. The van der Waals surface area contributed by atoms with E-state index in [0.29, 0.717) is 12.8 Å². The lowest BCUT2D eigenvalue weighted by molar-refractivity contribution is -0.139. The van der Waals surface area contributed by atoms with Gasteiger partial charge in [-0.1, -0.05) is 0 Å². The summed E-state index contributed by atoms with van der Waals surface area (Å²) in [6.07, 6.45) is -1.52. The summed E-state index contributed by atoms with van der Waals surface area (Å²) in [5.41, 5.74) is -2.60. The number of halogens is 5. The minimum absolute atomic E-state index is 0.0319. The molecule has 1 aromatic carbocycles. The number of amides is 1. The molecule has 3 heterocycles. The van der Waals surface area contributed by atoms with Crippen molar-refractivity contribution in [2.45, 2.75) is 37.7 Å². The number of aromatic nitrogens is 5. The molecule has 182 valence electrons. The number of carbonyl (C=O) groups excluding carboxylic acids is 1. The van der Waals surface area contributed by atoms with Gasteiger partial charge in [0.15, 0.2) is 11.5 Å². The summed E-state index contributed by atoms with van der Waals surface area (Å²) in [4.78, 5) is 20.2. The Balaban J connectivity index is 1.50. The van der Waals surface area contributed by atoms with Gasteiger partial charge in [0, 0.05) is 22.7 Å². The van der Waals surface area contributed by atoms with Crippen LogP contribution in [-0.2, 0) is 11.0 Å². The van der Waals surface area contributed by atoms with Gasteiger partial charge < -0.3 is 14.8 Å². The van der Waals surface area contributed by atoms with E-state index < -0.39 is 52.8 Å². The number of fused-ring (bicyclic) bond motifs is 2. The highest BCUT2D eigenvalue weighted by Gasteiger charge is 2.45. The molecule has 3 N–H and O–H groups in total. The highest BCUT2D eigenvalue weighted by atomic mass is 19.4. The number of aromatic amines is 1. The first kappa shape index (κ1) is 21.9. The third-order valence-corrected chi connectivity index (χ3v) is 6.43. The van der Waals surface area contributed by atoms with E-state index in [-0.39, 0.29) is 40.4 Å². The molecule has 4 aromatic rings. The number of aliphatic hydroxyl groups is 1. The van der Waals surface area contributed by atoms with Crippen molar-refractivity contribution in [3.63, 3.8) is 0 Å². The molecule has 0 bridgehead atoms. The number of aliphatic hydroxyl groups excluding tert-OH is 1. The second kappa shape index (κ2) is 7.44. The quantitative estimate of drug-likeness (QED) is 0.363. The van der Waals surface area contributed by atoms with Crippen molar-refractivity contribution in [3.8, 4) is 11.3 Å². The molecule has 2 saturated carbocycles. The zero-order valence-electron chi connectivity index (χ0n) is 17.8. The SMILES string of the molecule is O=C(Nc1cn2cc(-c3c(C(F)(F)F)c(F)c(C(O)C4CC4)c4[nH]ncc34)ncc2n1)C1CC1F. The molecule has 6 rings (SSSR count). The van der Waals surface area contributed by atoms with Crippen molar-refractivity contribution in [2.75, 3.05) is 5.32 Å². The third-order valence-electron chi connectivity index (χ3n) is 6.43. The van der Waals surface area contributed by atoms with E-state index in [0.717, 1.165) is 6.20 Å². The van der Waals surface area contributed by atoms with Gasteiger partial charge in [-0.2, -0.15) is 18.3 Å². The van der Waals surface area contributed by atoms with Gasteiger partial charge in [0.2, 0.25) is 5.91 Å². The molecule has 0 spiro atoms. The van der Waals surface area contributed by atoms with Gasteiger partial charge >= 0.3 is 6.18 Å². The van der Waals surface area contributed by atoms with Crippen molar-refractivity contribution in [2.24, 2.45) is 11.8 Å². The zero-order chi connectivity index (χ0) is 24.6. The van der Waals surface area contributed by atoms with Crippen LogP contribution in [-0.4, -0.2) is 41.8 Å². The topological polar surface area (TPSA) is 108 Å². The average Bonchev–Trinajstić information content (AvgIpc) is 3.68. The summed E-state index contributed by atoms with van der Waals surface area (Å²) >= 11 is 0. The first-order chi connectivity index (χ1) is 16.6. The van der Waals surface area contributed by atoms with Gasteiger partial charge in [-0.05, 0) is 25.2 Å². The zero-order valence-corrected chi connectivity index (χ0v) is 17.8. The van der Waals surface area contributed by atoms with Gasteiger partial charge in [0.25, 0.3) is 0 Å². The van der Waals surface area contributed by atoms with E-state index >= 15 is 4.39 Å². The number of benzene rings is 1. The summed E-state index contributed by atoms with van der Waals surface area (Å²) in [7, 11) is 0. The molecule has 3 aromatic heterocycles. The smallest absolute Gasteiger partial charge is 0.388 e. The van der Waals surface area contributed by atoms with E-state index in [1.54, 1.807) is 0 Å². The number of rotatable bonds is 5. The molecule has 3 unspecified atom stereocenters. The number of hydrogen-bond donors (Lipinski definition) is 3. The van der Waals surface area contributed by atoms with Crippen LogP contribution in [0.5, 0.6) is 0 Å². The molecule has 13 heteroatoms. The first-order valence-corrected chi connectivity index (χ1v) is 10.9. The van der Waals surface area contributed by atoms with Gasteiger partial charge in [0.05, 0.1) is 41.8 Å². The number of alkyl halides is 4. The Hall–Kier alpha value is -3.61. The maximum absolute atomic E-state index is 15.5. The Bertz CT molecular complexity index is 1490. The van der Waals surface area contributed by atoms with Crippen LogP contribution in [0.1, 0.15) is 36.5 Å². The van der Waals surface area contributed by atoms with E-state index in [2.05, 4.69) is 25.5 Å². The lowest BCUT2D eigenvalue weighted by Gasteiger charge is -2.20. The average molecular weight is 492 g/mol. The molecule has 1 amide bonds. The highest BCUT2D eigenvalue weighted by molar-refractivity contribution is 5.98. The summed E-state index contributed by atoms with van der Waals surface area (Å²) in [6.45, 7) is 0. The van der Waals surface area contributed by atoms with Gasteiger partial charge in [-0.15, -0.1) is 0 Å². The van der Waals surface area contributed by atoms with E-state index in [4.69, 9.17) is 0 Å². The number of nitrogens with zero attached hydrogens (tertiary/aromatic N) is 4. The molecule has 2 aliphatic rings. The van der Waals surface area contributed by atoms with Crippen molar-refractivity contribution < 1.29 is 31.9 Å². The van der Waals surface area contributed by atoms with Crippen LogP contribution in [0.2, 0.25) is 0 Å². The van der Waals surface area contributed by atoms with Crippen LogP contribution in [0, 0.1) is 17.7 Å². The van der Waals surface area contributed by atoms with E-state index in [1.807, 2.05) is 0 Å². The van der Waals surface area contributed by atoms with Crippen LogP contribution in [0.4, 0.5) is 27.8 Å². The number of anilines is 1. The van der Waals surface area contributed by atoms with Crippen LogP contribution in [0.15, 0.2) is 24.8 Å². The molecule has 0 radical (unpaired) electrons. The van der Waals surface area contributed by atoms with Crippen LogP contribution in [0.25, 0.3) is 27.8 Å². The van der Waals surface area contributed by atoms with Crippen LogP contribution >= 0.6 is 0 Å². The Morgan fingerprint density at radius 2 is 2.00 bits per heavy atom. The normalized spacial score (nSPS) is 21.0. The second-order valence-electron chi connectivity index (χ2n) is 8.93. The second-order valence-corrected chi connectivity index (χ2v) is 8.93. The third kappa shape index (κ3) is 3.61. The molecule has 2 fully saturated rings. The Morgan fingerprint density at radius 1 is 1.26 bits per heavy atom. The Labute approximate surface area is 193 Å². The predicted octanol–water partition coefficient (Wildman–Crippen LogP) is 4.17. The fraction of sp³-hybridized carbons (Fsp3) is 0.364. The number of imidazole rings is 1. The van der Waals surface area contributed by atoms with Gasteiger partial charge in [-0.25, -0.2) is 13.8 Å². The van der Waals surface area contributed by atoms with Crippen LogP contribution in [0.3, 0.4) is 0 Å². The minimum Gasteiger partial charge on any atom is -0.388 e. The molecular weight excluding hydrogens is 475 g/mol. The molecule has 2 aliphatic carbocycles. The number of nitrogens with one attached hydrogen (secondary N) is 2. The van der Waals surface area contributed by atoms with E-state index in [9.17, 15) is 27.5 Å². The van der Waals surface area contributed by atoms with Crippen molar-refractivity contribution >= 4 is 28.3 Å². The molecule has 35 heavy (non-hydrogen) atoms. The van der Waals surface area contributed by atoms with Gasteiger partial charge in [0.1, 0.15) is 17.6 Å². The molecule has 0 aliphatic heterocycles. The number of carbonyl (C=O) groups is 1. The summed E-state index contributed by atoms with van der Waals surface area (Å²) in [5.74, 6) is -3.11. The Kier molecular flexibility index (Phi) is 4.66. The summed E-state index contributed by atoms with van der Waals surface area (Å²) < 4.78 is 72.5. The number of hydrogen-bond acceptors (Lipinski definition) is 5. The van der Waals surface area contributed by atoms with Crippen molar-refractivity contribution in [1.82, 2.24) is 24.6 Å². The molecular formula is C22H17F5N6O2. The highest BCUT2D eigenvalue weighted by Crippen LogP contribution is 2.49.